The Hall–Kier alpha value is -3.71. The number of halogens is 7. The van der Waals surface area contributed by atoms with E-state index in [1.54, 1.807) is 12.1 Å². The number of fused-ring (bicyclic) bond motifs is 1. The van der Waals surface area contributed by atoms with Gasteiger partial charge in [0.2, 0.25) is 0 Å². The molecule has 246 valence electrons. The molecule has 0 saturated carbocycles. The molecule has 0 amide bonds. The molecule has 4 rings (SSSR count). The molecule has 3 heterocycles. The number of benzene rings is 1. The number of ether oxygens (including phenoxy) is 1. The van der Waals surface area contributed by atoms with Crippen LogP contribution in [0, 0.1) is 0 Å². The summed E-state index contributed by atoms with van der Waals surface area (Å²) in [6.45, 7) is 3.83. The predicted molar refractivity (Wildman–Crippen MR) is 157 cm³/mol. The van der Waals surface area contributed by atoms with Crippen molar-refractivity contribution in [1.82, 2.24) is 14.7 Å². The highest BCUT2D eigenvalue weighted by atomic mass is 35.5. The summed E-state index contributed by atoms with van der Waals surface area (Å²) < 4.78 is 85.5. The van der Waals surface area contributed by atoms with Gasteiger partial charge in [-0.3, -0.25) is 4.40 Å². The summed E-state index contributed by atoms with van der Waals surface area (Å²) in [4.78, 5) is 14.5. The van der Waals surface area contributed by atoms with Crippen molar-refractivity contribution in [2.75, 3.05) is 6.54 Å². The van der Waals surface area contributed by atoms with Crippen LogP contribution in [0.15, 0.2) is 59.3 Å². The lowest BCUT2D eigenvalue weighted by Crippen LogP contribution is -2.17. The van der Waals surface area contributed by atoms with Crippen LogP contribution in [0.2, 0.25) is 5.15 Å². The predicted octanol–water partition coefficient (Wildman–Crippen LogP) is 9.78. The molecule has 0 atom stereocenters. The van der Waals surface area contributed by atoms with Gasteiger partial charge in [0.15, 0.2) is 11.3 Å². The molecular formula is C31H34ClF6N3O4. The van der Waals surface area contributed by atoms with Crippen LogP contribution in [-0.2, 0) is 12.7 Å². The molecule has 0 radical (unpaired) electrons. The number of furan rings is 1. The highest BCUT2D eigenvalue weighted by molar-refractivity contribution is 6.32. The summed E-state index contributed by atoms with van der Waals surface area (Å²) in [5.41, 5.74) is -1.27. The molecule has 7 nitrogen and oxygen atoms in total. The van der Waals surface area contributed by atoms with E-state index in [0.29, 0.717) is 6.54 Å². The quantitative estimate of drug-likeness (QED) is 0.103. The Morgan fingerprint density at radius 3 is 2.20 bits per heavy atom. The maximum atomic E-state index is 13.2. The highest BCUT2D eigenvalue weighted by Gasteiger charge is 2.36. The van der Waals surface area contributed by atoms with Crippen molar-refractivity contribution in [1.29, 1.82) is 0 Å². The van der Waals surface area contributed by atoms with Crippen molar-refractivity contribution >= 4 is 23.2 Å². The summed E-state index contributed by atoms with van der Waals surface area (Å²) in [5.74, 6) is -1.50. The average Bonchev–Trinajstić information content (AvgIpc) is 3.62. The third-order valence-corrected chi connectivity index (χ3v) is 7.03. The number of carbonyl (C=O) groups is 1. The fourth-order valence-corrected chi connectivity index (χ4v) is 4.72. The Labute approximate surface area is 261 Å². The van der Waals surface area contributed by atoms with Crippen LogP contribution < -0.4 is 10.1 Å². The standard InChI is InChI=1S/C18H28F3NO.C13H6ClF3N2O3/c1-2-3-4-5-6-7-8-9-14-22-15-16-10-12-17(13-11-16)23-18(19,20)21;14-10-9(12(20)21)18-11-7(13(15,16)17)4-6(5-19(10)11)8-2-1-3-22-8/h10-13,22H,2-9,14-15H2,1H3;1-5H,(H,20,21). The van der Waals surface area contributed by atoms with Crippen LogP contribution in [0.1, 0.15) is 79.9 Å². The number of carboxylic acid groups (broad SMARTS) is 1. The van der Waals surface area contributed by atoms with E-state index in [0.717, 1.165) is 29.0 Å². The van der Waals surface area contributed by atoms with Gasteiger partial charge in [-0.2, -0.15) is 13.2 Å². The number of aromatic carboxylic acids is 1. The van der Waals surface area contributed by atoms with Crippen molar-refractivity contribution in [2.45, 2.75) is 77.4 Å². The second-order valence-corrected chi connectivity index (χ2v) is 10.6. The van der Waals surface area contributed by atoms with Crippen LogP contribution in [0.3, 0.4) is 0 Å². The number of pyridine rings is 1. The van der Waals surface area contributed by atoms with E-state index in [1.807, 2.05) is 0 Å². The second-order valence-electron chi connectivity index (χ2n) is 10.2. The smallest absolute Gasteiger partial charge is 0.476 e. The summed E-state index contributed by atoms with van der Waals surface area (Å²) >= 11 is 5.83. The lowest BCUT2D eigenvalue weighted by molar-refractivity contribution is -0.274. The van der Waals surface area contributed by atoms with Gasteiger partial charge in [0.1, 0.15) is 16.7 Å². The molecule has 0 aliphatic heterocycles. The largest absolute Gasteiger partial charge is 0.573 e. The number of rotatable bonds is 14. The topological polar surface area (TPSA) is 89.0 Å². The molecule has 0 bridgehead atoms. The summed E-state index contributed by atoms with van der Waals surface area (Å²) in [7, 11) is 0. The Morgan fingerprint density at radius 2 is 1.64 bits per heavy atom. The van der Waals surface area contributed by atoms with Crippen LogP contribution in [-0.4, -0.2) is 33.4 Å². The fourth-order valence-electron chi connectivity index (χ4n) is 4.47. The van der Waals surface area contributed by atoms with Gasteiger partial charge in [-0.25, -0.2) is 9.78 Å². The van der Waals surface area contributed by atoms with Gasteiger partial charge in [-0.1, -0.05) is 75.6 Å². The van der Waals surface area contributed by atoms with Gasteiger partial charge in [-0.15, -0.1) is 13.2 Å². The number of nitrogens with zero attached hydrogens (tertiary/aromatic N) is 2. The summed E-state index contributed by atoms with van der Waals surface area (Å²) in [5, 5.41) is 11.9. The number of hydrogen-bond acceptors (Lipinski definition) is 5. The van der Waals surface area contributed by atoms with E-state index in [-0.39, 0.29) is 17.1 Å². The average molecular weight is 662 g/mol. The molecule has 3 aromatic heterocycles. The molecule has 1 aromatic carbocycles. The molecule has 0 aliphatic rings. The van der Waals surface area contributed by atoms with Crippen LogP contribution in [0.25, 0.3) is 17.0 Å². The number of hydrogen-bond donors (Lipinski definition) is 2. The Balaban J connectivity index is 0.000000245. The minimum Gasteiger partial charge on any atom is -0.476 e. The SMILES string of the molecule is CCCCCCCCCCNCc1ccc(OC(F)(F)F)cc1.O=C(O)c1nc2c(C(F)(F)F)cc(-c3ccco3)cn2c1Cl. The maximum absolute atomic E-state index is 13.2. The molecule has 0 saturated heterocycles. The normalized spacial score (nSPS) is 11.8. The van der Waals surface area contributed by atoms with E-state index in [4.69, 9.17) is 21.1 Å². The Morgan fingerprint density at radius 1 is 1.00 bits per heavy atom. The molecule has 0 fully saturated rings. The molecule has 2 N–H and O–H groups in total. The number of unbranched alkanes of at least 4 members (excludes halogenated alkanes) is 7. The summed E-state index contributed by atoms with van der Waals surface area (Å²) in [6.07, 6.45) is 3.49. The molecule has 0 aliphatic carbocycles. The van der Waals surface area contributed by atoms with E-state index < -0.39 is 40.6 Å². The fraction of sp³-hybridized carbons (Fsp3) is 0.419. The highest BCUT2D eigenvalue weighted by Crippen LogP contribution is 2.37. The summed E-state index contributed by atoms with van der Waals surface area (Å²) in [6, 6.07) is 9.84. The number of alkyl halides is 6. The number of imidazole rings is 1. The second kappa shape index (κ2) is 16.6. The monoisotopic (exact) mass is 661 g/mol. The van der Waals surface area contributed by atoms with Gasteiger partial charge in [0.05, 0.1) is 11.8 Å². The van der Waals surface area contributed by atoms with Gasteiger partial charge in [0.25, 0.3) is 0 Å². The van der Waals surface area contributed by atoms with Crippen molar-refractivity contribution in [2.24, 2.45) is 0 Å². The minimum atomic E-state index is -4.73. The molecular weight excluding hydrogens is 628 g/mol. The molecule has 45 heavy (non-hydrogen) atoms. The van der Waals surface area contributed by atoms with Crippen molar-refractivity contribution in [3.63, 3.8) is 0 Å². The van der Waals surface area contributed by atoms with Crippen LogP contribution in [0.5, 0.6) is 5.75 Å². The maximum Gasteiger partial charge on any atom is 0.573 e. The van der Waals surface area contributed by atoms with Gasteiger partial charge in [-0.05, 0) is 48.9 Å². The zero-order valence-electron chi connectivity index (χ0n) is 24.5. The van der Waals surface area contributed by atoms with Gasteiger partial charge < -0.3 is 19.6 Å². The van der Waals surface area contributed by atoms with Crippen molar-refractivity contribution in [3.8, 4) is 17.1 Å². The first kappa shape index (κ1) is 35.8. The van der Waals surface area contributed by atoms with E-state index >= 15 is 0 Å². The van der Waals surface area contributed by atoms with Gasteiger partial charge >= 0.3 is 18.5 Å². The molecule has 0 spiro atoms. The van der Waals surface area contributed by atoms with E-state index in [1.165, 1.54) is 81.7 Å². The third-order valence-electron chi connectivity index (χ3n) is 6.67. The zero-order chi connectivity index (χ0) is 33.0. The van der Waals surface area contributed by atoms with Crippen LogP contribution >= 0.6 is 11.6 Å². The zero-order valence-corrected chi connectivity index (χ0v) is 25.2. The number of aromatic nitrogens is 2. The van der Waals surface area contributed by atoms with Gasteiger partial charge in [0, 0.05) is 18.3 Å². The number of nitrogens with one attached hydrogen (secondary N) is 1. The first-order valence-electron chi connectivity index (χ1n) is 14.4. The molecule has 0 unspecified atom stereocenters. The van der Waals surface area contributed by atoms with Crippen molar-refractivity contribution < 1.29 is 45.4 Å². The number of carboxylic acids is 1. The Bertz CT molecular complexity index is 1490. The third kappa shape index (κ3) is 11.3. The lowest BCUT2D eigenvalue weighted by Gasteiger charge is -2.10. The first-order valence-corrected chi connectivity index (χ1v) is 14.8. The molecule has 4 aromatic rings. The van der Waals surface area contributed by atoms with E-state index in [9.17, 15) is 31.1 Å². The Kier molecular flexibility index (Phi) is 13.2. The molecule has 14 heteroatoms. The van der Waals surface area contributed by atoms with Crippen molar-refractivity contribution in [3.05, 3.63) is 76.9 Å². The minimum absolute atomic E-state index is 0.0982. The van der Waals surface area contributed by atoms with E-state index in [2.05, 4.69) is 22.0 Å². The lowest BCUT2D eigenvalue weighted by atomic mass is 10.1. The first-order chi connectivity index (χ1) is 21.3. The van der Waals surface area contributed by atoms with Crippen LogP contribution in [0.4, 0.5) is 26.3 Å².